The Labute approximate surface area is 222 Å². The first kappa shape index (κ1) is 28.6. The van der Waals surface area contributed by atoms with Crippen molar-refractivity contribution < 1.29 is 19.1 Å². The number of ether oxygens (including phenoxy) is 1. The number of aliphatic hydroxyl groups is 1. The molecular weight excluding hydrogens is 464 g/mol. The van der Waals surface area contributed by atoms with Crippen LogP contribution >= 0.6 is 0 Å². The van der Waals surface area contributed by atoms with Crippen molar-refractivity contribution in [2.75, 3.05) is 7.11 Å². The Morgan fingerprint density at radius 3 is 2.31 bits per heavy atom. The molecular formula is C31H56O4Si. The predicted molar refractivity (Wildman–Crippen MR) is 149 cm³/mol. The van der Waals surface area contributed by atoms with Gasteiger partial charge in [0.1, 0.15) is 0 Å². The average Bonchev–Trinajstić information content (AvgIpc) is 3.14. The van der Waals surface area contributed by atoms with Crippen LogP contribution in [0, 0.1) is 46.3 Å². The zero-order valence-corrected chi connectivity index (χ0v) is 25.9. The number of esters is 1. The fourth-order valence-electron chi connectivity index (χ4n) is 9.51. The number of hydrogen-bond donors (Lipinski definition) is 1. The molecule has 4 nitrogen and oxygen atoms in total. The van der Waals surface area contributed by atoms with Gasteiger partial charge in [-0.25, -0.2) is 0 Å². The molecule has 36 heavy (non-hydrogen) atoms. The molecule has 4 aliphatic rings. The van der Waals surface area contributed by atoms with Gasteiger partial charge in [-0.3, -0.25) is 4.79 Å². The summed E-state index contributed by atoms with van der Waals surface area (Å²) in [4.78, 5) is 11.8. The van der Waals surface area contributed by atoms with Crippen molar-refractivity contribution in [3.05, 3.63) is 0 Å². The van der Waals surface area contributed by atoms with Gasteiger partial charge in [-0.05, 0) is 122 Å². The minimum absolute atomic E-state index is 0.0833. The maximum absolute atomic E-state index is 11.8. The highest BCUT2D eigenvalue weighted by atomic mass is 28.4. The van der Waals surface area contributed by atoms with E-state index in [1.165, 1.54) is 45.6 Å². The number of carbonyl (C=O) groups excluding carboxylic acids is 1. The molecule has 4 rings (SSSR count). The topological polar surface area (TPSA) is 55.8 Å². The summed E-state index contributed by atoms with van der Waals surface area (Å²) in [5, 5.41) is 11.9. The van der Waals surface area contributed by atoms with Crippen LogP contribution in [-0.2, 0) is 14.0 Å². The van der Waals surface area contributed by atoms with Gasteiger partial charge in [-0.15, -0.1) is 0 Å². The molecule has 5 heteroatoms. The van der Waals surface area contributed by atoms with Gasteiger partial charge in [0.25, 0.3) is 0 Å². The monoisotopic (exact) mass is 520 g/mol. The number of methoxy groups -OCH3 is 1. The number of hydrogen-bond acceptors (Lipinski definition) is 4. The SMILES string of the molecule is COC(=O)CC[C@@H](C)[C@H]1CC[C@H]2[C@@H]3[C@H](O)CC4CC(O[Si](C)(C)C(C)(C)C)CCC4(C)[C@H]3CC[C@]12C. The Morgan fingerprint density at radius 2 is 1.67 bits per heavy atom. The number of carbonyl (C=O) groups is 1. The van der Waals surface area contributed by atoms with Gasteiger partial charge in [0.2, 0.25) is 0 Å². The molecule has 4 saturated carbocycles. The van der Waals surface area contributed by atoms with Crippen LogP contribution < -0.4 is 0 Å². The summed E-state index contributed by atoms with van der Waals surface area (Å²) < 4.78 is 11.8. The third kappa shape index (κ3) is 4.88. The second-order valence-corrected chi connectivity index (χ2v) is 20.1. The van der Waals surface area contributed by atoms with Gasteiger partial charge in [-0.2, -0.15) is 0 Å². The fourth-order valence-corrected chi connectivity index (χ4v) is 10.9. The summed E-state index contributed by atoms with van der Waals surface area (Å²) in [6.45, 7) is 19.3. The Hall–Kier alpha value is -0.393. The van der Waals surface area contributed by atoms with E-state index in [1.807, 2.05) is 0 Å². The smallest absolute Gasteiger partial charge is 0.305 e. The third-order valence-electron chi connectivity index (χ3n) is 12.7. The Kier molecular flexibility index (Phi) is 7.93. The first-order chi connectivity index (χ1) is 16.6. The number of rotatable bonds is 6. The van der Waals surface area contributed by atoms with Crippen LogP contribution in [0.25, 0.3) is 0 Å². The van der Waals surface area contributed by atoms with Crippen molar-refractivity contribution in [3.63, 3.8) is 0 Å². The summed E-state index contributed by atoms with van der Waals surface area (Å²) in [5.41, 5.74) is 0.636. The van der Waals surface area contributed by atoms with E-state index in [4.69, 9.17) is 9.16 Å². The zero-order valence-electron chi connectivity index (χ0n) is 24.9. The van der Waals surface area contributed by atoms with Crippen LogP contribution in [0.3, 0.4) is 0 Å². The van der Waals surface area contributed by atoms with Crippen molar-refractivity contribution in [2.45, 2.75) is 136 Å². The molecule has 0 heterocycles. The van der Waals surface area contributed by atoms with Crippen molar-refractivity contribution in [2.24, 2.45) is 46.3 Å². The van der Waals surface area contributed by atoms with Crippen LogP contribution in [-0.4, -0.2) is 38.7 Å². The van der Waals surface area contributed by atoms with E-state index in [0.29, 0.717) is 58.9 Å². The molecule has 3 unspecified atom stereocenters. The lowest BCUT2D eigenvalue weighted by Crippen LogP contribution is -2.59. The standard InChI is InChI=1S/C31H56O4Si/c1-20(10-13-27(33)34-7)23-11-12-24-28-25(15-17-31(23,24)6)30(5)16-14-22(18-21(30)19-26(28)32)35-36(8,9)29(2,3)4/h20-26,28,32H,10-19H2,1-9H3/t20-,21?,22?,23-,24+,25+,26-,28+,30?,31-/m1/s1. The normalized spacial score (nSPS) is 43.8. The fraction of sp³-hybridized carbons (Fsp3) is 0.968. The molecule has 10 atom stereocenters. The molecule has 4 aliphatic carbocycles. The first-order valence-electron chi connectivity index (χ1n) is 15.1. The molecule has 208 valence electrons. The summed E-state index contributed by atoms with van der Waals surface area (Å²) in [7, 11) is -0.286. The van der Waals surface area contributed by atoms with Crippen LogP contribution in [0.5, 0.6) is 0 Å². The molecule has 0 aromatic rings. The molecule has 1 N–H and O–H groups in total. The summed E-state index contributed by atoms with van der Waals surface area (Å²) in [5.74, 6) is 3.39. The van der Waals surface area contributed by atoms with Gasteiger partial charge in [0.05, 0.1) is 13.2 Å². The Bertz CT molecular complexity index is 805. The number of aliphatic hydroxyl groups excluding tert-OH is 1. The number of fused-ring (bicyclic) bond motifs is 5. The van der Waals surface area contributed by atoms with Gasteiger partial charge in [0, 0.05) is 12.5 Å². The molecule has 4 fully saturated rings. The quantitative estimate of drug-likeness (QED) is 0.289. The second-order valence-electron chi connectivity index (χ2n) is 15.4. The van der Waals surface area contributed by atoms with E-state index in [0.717, 1.165) is 19.3 Å². The van der Waals surface area contributed by atoms with Gasteiger partial charge >= 0.3 is 5.97 Å². The van der Waals surface area contributed by atoms with Crippen LogP contribution in [0.4, 0.5) is 0 Å². The minimum atomic E-state index is -1.78. The average molecular weight is 521 g/mol. The van der Waals surface area contributed by atoms with Crippen LogP contribution in [0.2, 0.25) is 18.1 Å². The maximum atomic E-state index is 11.8. The van der Waals surface area contributed by atoms with Gasteiger partial charge < -0.3 is 14.3 Å². The molecule has 0 aromatic carbocycles. The highest BCUT2D eigenvalue weighted by Crippen LogP contribution is 2.68. The van der Waals surface area contributed by atoms with E-state index < -0.39 is 8.32 Å². The Morgan fingerprint density at radius 1 is 1.03 bits per heavy atom. The maximum Gasteiger partial charge on any atom is 0.305 e. The predicted octanol–water partition coefficient (Wildman–Crippen LogP) is 7.60. The van der Waals surface area contributed by atoms with Gasteiger partial charge in [-0.1, -0.05) is 41.5 Å². The molecule has 0 amide bonds. The Balaban J connectivity index is 1.47. The molecule has 0 aliphatic heterocycles. The lowest BCUT2D eigenvalue weighted by molar-refractivity contribution is -0.173. The summed E-state index contributed by atoms with van der Waals surface area (Å²) in [6.07, 6.45) is 11.2. The van der Waals surface area contributed by atoms with Crippen molar-refractivity contribution >= 4 is 14.3 Å². The minimum Gasteiger partial charge on any atom is -0.469 e. The lowest BCUT2D eigenvalue weighted by atomic mass is 9.43. The van der Waals surface area contributed by atoms with E-state index in [2.05, 4.69) is 54.6 Å². The van der Waals surface area contributed by atoms with E-state index in [9.17, 15) is 9.90 Å². The second kappa shape index (κ2) is 9.97. The largest absolute Gasteiger partial charge is 0.469 e. The van der Waals surface area contributed by atoms with Crippen LogP contribution in [0.15, 0.2) is 0 Å². The van der Waals surface area contributed by atoms with Crippen molar-refractivity contribution in [1.82, 2.24) is 0 Å². The lowest BCUT2D eigenvalue weighted by Gasteiger charge is -2.63. The zero-order chi connectivity index (χ0) is 26.7. The molecule has 0 spiro atoms. The van der Waals surface area contributed by atoms with E-state index in [-0.39, 0.29) is 17.1 Å². The first-order valence-corrected chi connectivity index (χ1v) is 18.0. The molecule has 0 bridgehead atoms. The highest BCUT2D eigenvalue weighted by Gasteiger charge is 2.63. The highest BCUT2D eigenvalue weighted by molar-refractivity contribution is 6.74. The van der Waals surface area contributed by atoms with E-state index in [1.54, 1.807) is 0 Å². The van der Waals surface area contributed by atoms with Crippen molar-refractivity contribution in [3.8, 4) is 0 Å². The van der Waals surface area contributed by atoms with Gasteiger partial charge in [0.15, 0.2) is 8.32 Å². The van der Waals surface area contributed by atoms with Crippen LogP contribution in [0.1, 0.15) is 106 Å². The van der Waals surface area contributed by atoms with E-state index >= 15 is 0 Å². The summed E-state index contributed by atoms with van der Waals surface area (Å²) >= 11 is 0. The molecule has 0 saturated heterocycles. The molecule has 0 radical (unpaired) electrons. The molecule has 0 aromatic heterocycles. The van der Waals surface area contributed by atoms with Crippen molar-refractivity contribution in [1.29, 1.82) is 0 Å². The summed E-state index contributed by atoms with van der Waals surface area (Å²) in [6, 6.07) is 0. The third-order valence-corrected chi connectivity index (χ3v) is 17.2.